The summed E-state index contributed by atoms with van der Waals surface area (Å²) in [5, 5.41) is 15.4. The first-order valence-corrected chi connectivity index (χ1v) is 11.5. The second-order valence-electron chi connectivity index (χ2n) is 7.38. The molecule has 5 rings (SSSR count). The lowest BCUT2D eigenvalue weighted by molar-refractivity contribution is 0.0702. The van der Waals surface area contributed by atoms with Crippen molar-refractivity contribution in [2.45, 2.75) is 0 Å². The number of carboxylic acids is 1. The fourth-order valence-electron chi connectivity index (χ4n) is 2.78. The maximum Gasteiger partial charge on any atom is 0.349 e. The van der Waals surface area contributed by atoms with Crippen molar-refractivity contribution in [3.05, 3.63) is 108 Å². The van der Waals surface area contributed by atoms with Crippen LogP contribution in [0.15, 0.2) is 102 Å². The normalized spacial score (nSPS) is 9.73. The molecule has 0 unspecified atom stereocenters. The maximum atomic E-state index is 11.6. The van der Waals surface area contributed by atoms with Gasteiger partial charge in [-0.25, -0.2) is 4.79 Å². The molecule has 0 atom stereocenters. The van der Waals surface area contributed by atoms with Crippen molar-refractivity contribution in [3.63, 3.8) is 0 Å². The molecule has 2 aromatic heterocycles. The molecule has 0 spiro atoms. The summed E-state index contributed by atoms with van der Waals surface area (Å²) in [6.07, 6.45) is 2.85. The Labute approximate surface area is 216 Å². The van der Waals surface area contributed by atoms with Gasteiger partial charge in [0.05, 0.1) is 11.8 Å². The number of carbonyl (C=O) groups is 2. The number of hydrogen-bond acceptors (Lipinski definition) is 9. The van der Waals surface area contributed by atoms with Crippen LogP contribution in [0.5, 0.6) is 0 Å². The average Bonchev–Trinajstić information content (AvgIpc) is 3.62. The van der Waals surface area contributed by atoms with Crippen LogP contribution in [0, 0.1) is 0 Å². The van der Waals surface area contributed by atoms with E-state index in [0.717, 1.165) is 28.5 Å². The number of nitrogens with zero attached hydrogens (tertiary/aromatic N) is 2. The lowest BCUT2D eigenvalue weighted by Crippen LogP contribution is -2.10. The number of nitrogens with two attached hydrogens (primary N) is 3. The summed E-state index contributed by atoms with van der Waals surface area (Å²) in [4.78, 5) is 22.5. The fourth-order valence-corrected chi connectivity index (χ4v) is 3.30. The zero-order valence-electron chi connectivity index (χ0n) is 19.4. The van der Waals surface area contributed by atoms with Crippen LogP contribution in [0.25, 0.3) is 11.3 Å². The minimum absolute atomic E-state index is 0.177. The molecular formula is C26H24N6O4S. The van der Waals surface area contributed by atoms with E-state index in [1.807, 2.05) is 30.3 Å². The molecule has 0 saturated heterocycles. The van der Waals surface area contributed by atoms with Crippen LogP contribution >= 0.6 is 11.5 Å². The van der Waals surface area contributed by atoms with Gasteiger partial charge in [0.15, 0.2) is 4.88 Å². The highest BCUT2D eigenvalue weighted by Crippen LogP contribution is 2.23. The van der Waals surface area contributed by atoms with Crippen LogP contribution in [0.4, 0.5) is 22.7 Å². The van der Waals surface area contributed by atoms with E-state index in [9.17, 15) is 9.59 Å². The van der Waals surface area contributed by atoms with Gasteiger partial charge in [0.1, 0.15) is 12.0 Å². The second-order valence-corrected chi connectivity index (χ2v) is 8.13. The number of nitrogen functional groups attached to an aromatic ring is 3. The van der Waals surface area contributed by atoms with Gasteiger partial charge in [-0.05, 0) is 66.1 Å². The van der Waals surface area contributed by atoms with E-state index in [2.05, 4.69) is 14.9 Å². The predicted molar refractivity (Wildman–Crippen MR) is 145 cm³/mol. The van der Waals surface area contributed by atoms with E-state index in [1.54, 1.807) is 54.6 Å². The number of aromatic carboxylic acids is 1. The SMILES string of the molecule is Nc1ccc(N)cc1.Nc1ccc(NC(=O)c2ccoc2)cc1.O=C(O)c1snnc1-c1ccccc1. The van der Waals surface area contributed by atoms with Crippen LogP contribution in [0.2, 0.25) is 0 Å². The van der Waals surface area contributed by atoms with Crippen molar-refractivity contribution in [2.24, 2.45) is 0 Å². The quantitative estimate of drug-likeness (QED) is 0.208. The summed E-state index contributed by atoms with van der Waals surface area (Å²) in [6, 6.07) is 24.8. The standard InChI is InChI=1S/C11H10N2O2.C9H6N2O2S.C6H8N2/c12-9-1-3-10(4-2-9)13-11(14)8-5-6-15-7-8;12-9(13)8-7(10-11-14-8)6-4-2-1-3-5-6;7-5-1-2-6(8)4-3-5/h1-7H,12H2,(H,13,14);1-5H,(H,12,13);1-4H,7-8H2. The van der Waals surface area contributed by atoms with Gasteiger partial charge in [-0.1, -0.05) is 34.8 Å². The highest BCUT2D eigenvalue weighted by Gasteiger charge is 2.15. The molecule has 0 radical (unpaired) electrons. The zero-order chi connectivity index (χ0) is 26.6. The summed E-state index contributed by atoms with van der Waals surface area (Å²) in [5.74, 6) is -1.19. The van der Waals surface area contributed by atoms with Gasteiger partial charge in [0.2, 0.25) is 0 Å². The van der Waals surface area contributed by atoms with Gasteiger partial charge >= 0.3 is 5.97 Å². The summed E-state index contributed by atoms with van der Waals surface area (Å²) >= 11 is 0.892. The lowest BCUT2D eigenvalue weighted by Gasteiger charge is -2.03. The highest BCUT2D eigenvalue weighted by molar-refractivity contribution is 7.08. The van der Waals surface area contributed by atoms with Crippen LogP contribution in [0.3, 0.4) is 0 Å². The number of nitrogens with one attached hydrogen (secondary N) is 1. The summed E-state index contributed by atoms with van der Waals surface area (Å²) < 4.78 is 8.44. The Morgan fingerprint density at radius 2 is 1.38 bits per heavy atom. The number of carbonyl (C=O) groups excluding carboxylic acids is 1. The van der Waals surface area contributed by atoms with E-state index < -0.39 is 5.97 Å². The van der Waals surface area contributed by atoms with Gasteiger partial charge < -0.3 is 32.0 Å². The smallest absolute Gasteiger partial charge is 0.349 e. The molecule has 1 amide bonds. The second kappa shape index (κ2) is 13.1. The Balaban J connectivity index is 0.000000161. The number of carboxylic acid groups (broad SMARTS) is 1. The Hall–Kier alpha value is -5.16. The lowest BCUT2D eigenvalue weighted by atomic mass is 10.1. The molecular weight excluding hydrogens is 492 g/mol. The largest absolute Gasteiger partial charge is 0.477 e. The predicted octanol–water partition coefficient (Wildman–Crippen LogP) is 4.87. The van der Waals surface area contributed by atoms with E-state index in [0.29, 0.717) is 22.6 Å². The third kappa shape index (κ3) is 8.23. The van der Waals surface area contributed by atoms with Gasteiger partial charge in [-0.15, -0.1) is 5.10 Å². The topological polar surface area (TPSA) is 183 Å². The molecule has 0 aliphatic rings. The third-order valence-electron chi connectivity index (χ3n) is 4.62. The molecule has 188 valence electrons. The van der Waals surface area contributed by atoms with E-state index >= 15 is 0 Å². The molecule has 11 heteroatoms. The van der Waals surface area contributed by atoms with Crippen LogP contribution in [-0.2, 0) is 0 Å². The number of benzene rings is 3. The van der Waals surface area contributed by atoms with Crippen molar-refractivity contribution in [1.29, 1.82) is 0 Å². The number of aromatic nitrogens is 2. The molecule has 0 fully saturated rings. The first kappa shape index (κ1) is 26.4. The van der Waals surface area contributed by atoms with Crippen molar-refractivity contribution in [1.82, 2.24) is 9.59 Å². The Kier molecular flexibility index (Phi) is 9.34. The number of anilines is 4. The molecule has 0 aliphatic carbocycles. The Morgan fingerprint density at radius 1 is 0.811 bits per heavy atom. The van der Waals surface area contributed by atoms with Crippen molar-refractivity contribution in [2.75, 3.05) is 22.5 Å². The number of rotatable bonds is 4. The molecule has 0 aliphatic heterocycles. The number of hydrogen-bond donors (Lipinski definition) is 5. The molecule has 3 aromatic carbocycles. The van der Waals surface area contributed by atoms with Gasteiger partial charge in [0.25, 0.3) is 5.91 Å². The highest BCUT2D eigenvalue weighted by atomic mass is 32.1. The van der Waals surface area contributed by atoms with E-state index in [-0.39, 0.29) is 10.8 Å². The van der Waals surface area contributed by atoms with Crippen LogP contribution in [0.1, 0.15) is 20.0 Å². The summed E-state index contributed by atoms with van der Waals surface area (Å²) in [6.45, 7) is 0. The number of amides is 1. The average molecular weight is 517 g/mol. The molecule has 37 heavy (non-hydrogen) atoms. The summed E-state index contributed by atoms with van der Waals surface area (Å²) in [5.41, 5.74) is 20.8. The number of furan rings is 1. The van der Waals surface area contributed by atoms with Gasteiger partial charge in [-0.2, -0.15) is 0 Å². The molecule has 8 N–H and O–H groups in total. The van der Waals surface area contributed by atoms with E-state index in [1.165, 1.54) is 12.5 Å². The monoisotopic (exact) mass is 516 g/mol. The molecule has 5 aromatic rings. The maximum absolute atomic E-state index is 11.6. The Morgan fingerprint density at radius 3 is 1.89 bits per heavy atom. The van der Waals surface area contributed by atoms with Gasteiger partial charge in [0, 0.05) is 28.3 Å². The van der Waals surface area contributed by atoms with Crippen LogP contribution in [-0.4, -0.2) is 26.6 Å². The minimum Gasteiger partial charge on any atom is -0.477 e. The molecule has 2 heterocycles. The zero-order valence-corrected chi connectivity index (χ0v) is 20.3. The fraction of sp³-hybridized carbons (Fsp3) is 0. The molecule has 0 saturated carbocycles. The minimum atomic E-state index is -0.987. The Bertz CT molecular complexity index is 1380. The first-order valence-electron chi connectivity index (χ1n) is 10.7. The first-order chi connectivity index (χ1) is 17.8. The third-order valence-corrected chi connectivity index (χ3v) is 5.33. The van der Waals surface area contributed by atoms with Crippen molar-refractivity contribution < 1.29 is 19.1 Å². The molecule has 10 nitrogen and oxygen atoms in total. The van der Waals surface area contributed by atoms with Crippen molar-refractivity contribution >= 4 is 46.2 Å². The van der Waals surface area contributed by atoms with Crippen molar-refractivity contribution in [3.8, 4) is 11.3 Å². The summed E-state index contributed by atoms with van der Waals surface area (Å²) in [7, 11) is 0. The van der Waals surface area contributed by atoms with Crippen LogP contribution < -0.4 is 22.5 Å². The van der Waals surface area contributed by atoms with E-state index in [4.69, 9.17) is 26.7 Å². The van der Waals surface area contributed by atoms with Gasteiger partial charge in [-0.3, -0.25) is 4.79 Å². The molecule has 0 bridgehead atoms.